The van der Waals surface area contributed by atoms with Gasteiger partial charge in [-0.3, -0.25) is 4.98 Å². The van der Waals surface area contributed by atoms with Gasteiger partial charge in [-0.15, -0.1) is 0 Å². The summed E-state index contributed by atoms with van der Waals surface area (Å²) in [7, 11) is 0. The molecule has 0 N–H and O–H groups in total. The Labute approximate surface area is 103 Å². The molecule has 0 atom stereocenters. The second kappa shape index (κ2) is 3.43. The van der Waals surface area contributed by atoms with Crippen LogP contribution in [0.25, 0.3) is 11.1 Å². The molecule has 1 aliphatic carbocycles. The highest BCUT2D eigenvalue weighted by atomic mass is 14.7. The first-order chi connectivity index (χ1) is 8.06. The van der Waals surface area contributed by atoms with Crippen molar-refractivity contribution in [2.24, 2.45) is 0 Å². The lowest BCUT2D eigenvalue weighted by Crippen LogP contribution is -1.93. The van der Waals surface area contributed by atoms with Crippen LogP contribution in [0.3, 0.4) is 0 Å². The van der Waals surface area contributed by atoms with Gasteiger partial charge in [0.1, 0.15) is 0 Å². The van der Waals surface area contributed by atoms with Gasteiger partial charge in [0, 0.05) is 17.7 Å². The van der Waals surface area contributed by atoms with Crippen LogP contribution in [-0.2, 0) is 6.42 Å². The first-order valence-corrected chi connectivity index (χ1v) is 6.14. The Bertz CT molecular complexity index is 624. The van der Waals surface area contributed by atoms with Crippen LogP contribution >= 0.6 is 0 Å². The fraction of sp³-hybridized carbons (Fsp3) is 0.312. The highest BCUT2D eigenvalue weighted by Gasteiger charge is 2.22. The third kappa shape index (κ3) is 1.49. The largest absolute Gasteiger partial charge is 0.257 e. The lowest BCUT2D eigenvalue weighted by molar-refractivity contribution is 1.05. The SMILES string of the molecule is Cc1cc(C)c2c(c1)Cc1nc(C)c(C)cc1-2. The minimum Gasteiger partial charge on any atom is -0.257 e. The molecule has 0 saturated carbocycles. The molecule has 17 heavy (non-hydrogen) atoms. The van der Waals surface area contributed by atoms with Crippen LogP contribution in [-0.4, -0.2) is 4.98 Å². The highest BCUT2D eigenvalue weighted by molar-refractivity contribution is 5.79. The van der Waals surface area contributed by atoms with Gasteiger partial charge in [0.05, 0.1) is 5.69 Å². The molecule has 0 aliphatic heterocycles. The Hall–Kier alpha value is -1.63. The van der Waals surface area contributed by atoms with Crippen LogP contribution in [0.15, 0.2) is 18.2 Å². The first-order valence-electron chi connectivity index (χ1n) is 6.14. The number of nitrogens with zero attached hydrogens (tertiary/aromatic N) is 1. The molecular weight excluding hydrogens is 206 g/mol. The zero-order chi connectivity index (χ0) is 12.2. The van der Waals surface area contributed by atoms with Crippen molar-refractivity contribution < 1.29 is 0 Å². The summed E-state index contributed by atoms with van der Waals surface area (Å²) in [5.41, 5.74) is 10.6. The molecule has 1 aromatic heterocycles. The van der Waals surface area contributed by atoms with E-state index in [1.54, 1.807) is 0 Å². The Morgan fingerprint density at radius 2 is 1.71 bits per heavy atom. The molecule has 1 heterocycles. The summed E-state index contributed by atoms with van der Waals surface area (Å²) in [5.74, 6) is 0. The summed E-state index contributed by atoms with van der Waals surface area (Å²) in [6.07, 6.45) is 0.994. The van der Waals surface area contributed by atoms with Gasteiger partial charge >= 0.3 is 0 Å². The van der Waals surface area contributed by atoms with Crippen LogP contribution in [0.1, 0.15) is 33.6 Å². The molecule has 0 spiro atoms. The normalized spacial score (nSPS) is 12.5. The smallest absolute Gasteiger partial charge is 0.0529 e. The zero-order valence-corrected chi connectivity index (χ0v) is 10.9. The second-order valence-electron chi connectivity index (χ2n) is 5.18. The van der Waals surface area contributed by atoms with Crippen molar-refractivity contribution in [3.63, 3.8) is 0 Å². The van der Waals surface area contributed by atoms with Crippen molar-refractivity contribution in [2.45, 2.75) is 34.1 Å². The van der Waals surface area contributed by atoms with E-state index in [1.807, 2.05) is 0 Å². The van der Waals surface area contributed by atoms with Crippen molar-refractivity contribution in [1.82, 2.24) is 4.98 Å². The second-order valence-corrected chi connectivity index (χ2v) is 5.18. The van der Waals surface area contributed by atoms with E-state index in [4.69, 9.17) is 4.98 Å². The maximum Gasteiger partial charge on any atom is 0.0529 e. The maximum absolute atomic E-state index is 4.74. The fourth-order valence-corrected chi connectivity index (χ4v) is 2.87. The Balaban J connectivity index is 2.31. The molecule has 1 heteroatoms. The number of pyridine rings is 1. The first kappa shape index (κ1) is 10.5. The van der Waals surface area contributed by atoms with Crippen LogP contribution < -0.4 is 0 Å². The molecule has 0 unspecified atom stereocenters. The van der Waals surface area contributed by atoms with Crippen molar-refractivity contribution >= 4 is 0 Å². The third-order valence-electron chi connectivity index (χ3n) is 3.73. The van der Waals surface area contributed by atoms with Crippen molar-refractivity contribution in [2.75, 3.05) is 0 Å². The van der Waals surface area contributed by atoms with Crippen LogP contribution in [0.2, 0.25) is 0 Å². The van der Waals surface area contributed by atoms with Gasteiger partial charge in [-0.2, -0.15) is 0 Å². The predicted molar refractivity (Wildman–Crippen MR) is 71.4 cm³/mol. The van der Waals surface area contributed by atoms with E-state index in [2.05, 4.69) is 45.9 Å². The molecule has 0 saturated heterocycles. The van der Waals surface area contributed by atoms with E-state index in [0.717, 1.165) is 12.1 Å². The minimum atomic E-state index is 0.994. The summed E-state index contributed by atoms with van der Waals surface area (Å²) in [5, 5.41) is 0. The van der Waals surface area contributed by atoms with Gasteiger partial charge in [0.2, 0.25) is 0 Å². The summed E-state index contributed by atoms with van der Waals surface area (Å²) >= 11 is 0. The van der Waals surface area contributed by atoms with Gasteiger partial charge in [-0.1, -0.05) is 17.7 Å². The molecule has 1 aliphatic rings. The number of rotatable bonds is 0. The molecule has 1 nitrogen and oxygen atoms in total. The average Bonchev–Trinajstić information content (AvgIpc) is 2.56. The number of aromatic nitrogens is 1. The molecular formula is C16H17N. The van der Waals surface area contributed by atoms with Crippen molar-refractivity contribution in [1.29, 1.82) is 0 Å². The van der Waals surface area contributed by atoms with E-state index in [-0.39, 0.29) is 0 Å². The quantitative estimate of drug-likeness (QED) is 0.563. The fourth-order valence-electron chi connectivity index (χ4n) is 2.87. The van der Waals surface area contributed by atoms with Gasteiger partial charge in [-0.25, -0.2) is 0 Å². The molecule has 1 aromatic carbocycles. The molecule has 3 rings (SSSR count). The van der Waals surface area contributed by atoms with Crippen LogP contribution in [0.4, 0.5) is 0 Å². The highest BCUT2D eigenvalue weighted by Crippen LogP contribution is 2.39. The molecule has 0 amide bonds. The summed E-state index contributed by atoms with van der Waals surface area (Å²) in [4.78, 5) is 4.74. The monoisotopic (exact) mass is 223 g/mol. The Kier molecular flexibility index (Phi) is 2.12. The van der Waals surface area contributed by atoms with Crippen molar-refractivity contribution in [3.8, 4) is 11.1 Å². The van der Waals surface area contributed by atoms with Gasteiger partial charge < -0.3 is 0 Å². The van der Waals surface area contributed by atoms with E-state index in [9.17, 15) is 0 Å². The molecule has 0 fully saturated rings. The molecule has 0 radical (unpaired) electrons. The number of hydrogen-bond acceptors (Lipinski definition) is 1. The van der Waals surface area contributed by atoms with Crippen LogP contribution in [0, 0.1) is 27.7 Å². The maximum atomic E-state index is 4.74. The van der Waals surface area contributed by atoms with Gasteiger partial charge in [-0.05, 0) is 56.0 Å². The van der Waals surface area contributed by atoms with E-state index in [1.165, 1.54) is 39.1 Å². The molecule has 0 bridgehead atoms. The van der Waals surface area contributed by atoms with Gasteiger partial charge in [0.15, 0.2) is 0 Å². The molecule has 86 valence electrons. The zero-order valence-electron chi connectivity index (χ0n) is 10.9. The summed E-state index contributed by atoms with van der Waals surface area (Å²) in [6, 6.07) is 6.86. The topological polar surface area (TPSA) is 12.9 Å². The van der Waals surface area contributed by atoms with Crippen LogP contribution in [0.5, 0.6) is 0 Å². The lowest BCUT2D eigenvalue weighted by Gasteiger charge is -2.08. The lowest BCUT2D eigenvalue weighted by atomic mass is 9.98. The standard InChI is InChI=1S/C16H17N/c1-9-5-11(3)16-13(6-9)8-15-14(16)7-10(2)12(4)17-15/h5-7H,8H2,1-4H3. The number of aryl methyl sites for hydroxylation is 4. The van der Waals surface area contributed by atoms with Crippen molar-refractivity contribution in [3.05, 3.63) is 51.8 Å². The predicted octanol–water partition coefficient (Wildman–Crippen LogP) is 3.89. The third-order valence-corrected chi connectivity index (χ3v) is 3.73. The molecule has 2 aromatic rings. The Morgan fingerprint density at radius 1 is 0.941 bits per heavy atom. The number of hydrogen-bond donors (Lipinski definition) is 0. The Morgan fingerprint density at radius 3 is 2.47 bits per heavy atom. The summed E-state index contributed by atoms with van der Waals surface area (Å²) in [6.45, 7) is 8.61. The van der Waals surface area contributed by atoms with E-state index >= 15 is 0 Å². The summed E-state index contributed by atoms with van der Waals surface area (Å²) < 4.78 is 0. The number of fused-ring (bicyclic) bond motifs is 3. The van der Waals surface area contributed by atoms with Gasteiger partial charge in [0.25, 0.3) is 0 Å². The van der Waals surface area contributed by atoms with E-state index < -0.39 is 0 Å². The minimum absolute atomic E-state index is 0.994. The number of benzene rings is 1. The van der Waals surface area contributed by atoms with E-state index in [0.29, 0.717) is 0 Å². The average molecular weight is 223 g/mol.